The van der Waals surface area contributed by atoms with Gasteiger partial charge in [-0.3, -0.25) is 4.79 Å². The number of rotatable bonds is 5. The number of carbonyl (C=O) groups is 1. The van der Waals surface area contributed by atoms with Gasteiger partial charge in [0.1, 0.15) is 30.2 Å². The van der Waals surface area contributed by atoms with Gasteiger partial charge in [-0.25, -0.2) is 0 Å². The van der Waals surface area contributed by atoms with Gasteiger partial charge in [0.05, 0.1) is 12.7 Å². The molecule has 2 saturated heterocycles. The molecule has 240 valence electrons. The van der Waals surface area contributed by atoms with Gasteiger partial charge in [-0.15, -0.1) is 0 Å². The van der Waals surface area contributed by atoms with Gasteiger partial charge in [-0.1, -0.05) is 27.7 Å². The van der Waals surface area contributed by atoms with Gasteiger partial charge in [0.25, 0.3) is 0 Å². The van der Waals surface area contributed by atoms with Crippen molar-refractivity contribution in [2.24, 2.45) is 52.3 Å². The first kappa shape index (κ1) is 31.4. The van der Waals surface area contributed by atoms with Crippen LogP contribution in [0.1, 0.15) is 91.9 Å². The van der Waals surface area contributed by atoms with Crippen molar-refractivity contribution in [2.75, 3.05) is 20.2 Å². The molecule has 16 unspecified atom stereocenters. The van der Waals surface area contributed by atoms with Crippen molar-refractivity contribution in [3.8, 4) is 0 Å². The molecule has 0 bridgehead atoms. The highest BCUT2D eigenvalue weighted by Crippen LogP contribution is 2.67. The molecular weight excluding hydrogens is 534 g/mol. The molecule has 0 spiro atoms. The van der Waals surface area contributed by atoms with Crippen LogP contribution in [0.4, 0.5) is 0 Å². The SMILES string of the molecule is CC1CCC(C(C)C2CC3C4CC(=O)C5CC(OC6OC(CO)C(O)C(O)C6O)CCC5(C)C4CCC3(C)C2)N(C)C1. The van der Waals surface area contributed by atoms with Crippen LogP contribution in [0.25, 0.3) is 0 Å². The molecule has 8 heteroatoms. The largest absolute Gasteiger partial charge is 0.394 e. The van der Waals surface area contributed by atoms with Crippen LogP contribution < -0.4 is 0 Å². The smallest absolute Gasteiger partial charge is 0.186 e. The molecule has 16 atom stereocenters. The third kappa shape index (κ3) is 5.23. The second kappa shape index (κ2) is 11.6. The first-order chi connectivity index (χ1) is 19.9. The normalized spacial score (nSPS) is 54.1. The van der Waals surface area contributed by atoms with E-state index in [1.807, 2.05) is 0 Å². The molecule has 8 nitrogen and oxygen atoms in total. The molecule has 2 heterocycles. The van der Waals surface area contributed by atoms with Crippen LogP contribution in [0.5, 0.6) is 0 Å². The van der Waals surface area contributed by atoms with E-state index in [9.17, 15) is 25.2 Å². The van der Waals surface area contributed by atoms with Gasteiger partial charge >= 0.3 is 0 Å². The van der Waals surface area contributed by atoms with Crippen molar-refractivity contribution in [3.63, 3.8) is 0 Å². The lowest BCUT2D eigenvalue weighted by Gasteiger charge is -2.59. The summed E-state index contributed by atoms with van der Waals surface area (Å²) in [5.41, 5.74) is 0.299. The maximum absolute atomic E-state index is 14.0. The summed E-state index contributed by atoms with van der Waals surface area (Å²) >= 11 is 0. The first-order valence-electron chi connectivity index (χ1n) is 17.0. The van der Waals surface area contributed by atoms with Crippen molar-refractivity contribution in [1.29, 1.82) is 0 Å². The predicted octanol–water partition coefficient (Wildman–Crippen LogP) is 3.38. The number of likely N-dealkylation sites (tertiary alicyclic amines) is 1. The van der Waals surface area contributed by atoms with Crippen molar-refractivity contribution in [3.05, 3.63) is 0 Å². The van der Waals surface area contributed by atoms with E-state index in [2.05, 4.69) is 39.6 Å². The number of hydrogen-bond acceptors (Lipinski definition) is 8. The van der Waals surface area contributed by atoms with Crippen LogP contribution in [0.2, 0.25) is 0 Å². The zero-order valence-corrected chi connectivity index (χ0v) is 26.5. The van der Waals surface area contributed by atoms with E-state index in [4.69, 9.17) is 9.47 Å². The summed E-state index contributed by atoms with van der Waals surface area (Å²) in [5.74, 6) is 4.19. The van der Waals surface area contributed by atoms with Crippen molar-refractivity contribution >= 4 is 5.78 Å². The number of aliphatic hydroxyl groups excluding tert-OH is 4. The molecule has 6 aliphatic rings. The van der Waals surface area contributed by atoms with Gasteiger partial charge in [0.2, 0.25) is 0 Å². The first-order valence-corrected chi connectivity index (χ1v) is 17.0. The summed E-state index contributed by atoms with van der Waals surface area (Å²) in [6, 6.07) is 0.680. The molecule has 0 aromatic carbocycles. The van der Waals surface area contributed by atoms with Gasteiger partial charge < -0.3 is 34.8 Å². The fourth-order valence-corrected chi connectivity index (χ4v) is 11.4. The number of fused-ring (bicyclic) bond motifs is 5. The molecule has 0 amide bonds. The molecule has 6 fully saturated rings. The summed E-state index contributed by atoms with van der Waals surface area (Å²) < 4.78 is 11.8. The number of carbonyl (C=O) groups excluding carboxylic acids is 1. The van der Waals surface area contributed by atoms with E-state index >= 15 is 0 Å². The number of ether oxygens (including phenoxy) is 2. The van der Waals surface area contributed by atoms with Crippen LogP contribution in [0.3, 0.4) is 0 Å². The van der Waals surface area contributed by atoms with E-state index < -0.39 is 37.3 Å². The molecule has 6 rings (SSSR count). The molecule has 0 aromatic heterocycles. The molecule has 2 aliphatic heterocycles. The summed E-state index contributed by atoms with van der Waals surface area (Å²) in [6.45, 7) is 10.5. The molecule has 4 aliphatic carbocycles. The van der Waals surface area contributed by atoms with Crippen LogP contribution in [0, 0.1) is 52.3 Å². The van der Waals surface area contributed by atoms with Crippen LogP contribution in [-0.2, 0) is 14.3 Å². The molecule has 4 saturated carbocycles. The number of ketones is 1. The quantitative estimate of drug-likeness (QED) is 0.360. The lowest BCUT2D eigenvalue weighted by Crippen LogP contribution is -2.60. The Hall–Kier alpha value is -0.610. The summed E-state index contributed by atoms with van der Waals surface area (Å²) in [7, 11) is 2.33. The Kier molecular flexibility index (Phi) is 8.69. The molecule has 0 radical (unpaired) electrons. The van der Waals surface area contributed by atoms with Crippen LogP contribution in [-0.4, -0.2) is 94.2 Å². The Morgan fingerprint density at radius 1 is 1.02 bits per heavy atom. The highest BCUT2D eigenvalue weighted by atomic mass is 16.7. The molecule has 0 aromatic rings. The van der Waals surface area contributed by atoms with Crippen molar-refractivity contribution in [1.82, 2.24) is 4.90 Å². The van der Waals surface area contributed by atoms with Crippen molar-refractivity contribution in [2.45, 2.75) is 135 Å². The van der Waals surface area contributed by atoms with E-state index in [0.29, 0.717) is 53.8 Å². The number of aliphatic hydroxyl groups is 4. The minimum atomic E-state index is -1.46. The monoisotopic (exact) mass is 591 g/mol. The van der Waals surface area contributed by atoms with Crippen LogP contribution >= 0.6 is 0 Å². The Labute approximate surface area is 252 Å². The average molecular weight is 592 g/mol. The van der Waals surface area contributed by atoms with Gasteiger partial charge in [-0.2, -0.15) is 0 Å². The lowest BCUT2D eigenvalue weighted by molar-refractivity contribution is -0.315. The Morgan fingerprint density at radius 3 is 2.50 bits per heavy atom. The van der Waals surface area contributed by atoms with Gasteiger partial charge in [0, 0.05) is 24.9 Å². The Morgan fingerprint density at radius 2 is 1.79 bits per heavy atom. The van der Waals surface area contributed by atoms with E-state index in [1.54, 1.807) is 0 Å². The summed E-state index contributed by atoms with van der Waals surface area (Å²) in [5, 5.41) is 40.4. The zero-order valence-electron chi connectivity index (χ0n) is 26.5. The third-order valence-corrected chi connectivity index (χ3v) is 13.9. The van der Waals surface area contributed by atoms with E-state index in [0.717, 1.165) is 24.7 Å². The zero-order chi connectivity index (χ0) is 30.1. The van der Waals surface area contributed by atoms with Gasteiger partial charge in [0.15, 0.2) is 6.29 Å². The van der Waals surface area contributed by atoms with Crippen LogP contribution in [0.15, 0.2) is 0 Å². The maximum Gasteiger partial charge on any atom is 0.186 e. The van der Waals surface area contributed by atoms with E-state index in [1.165, 1.54) is 45.1 Å². The van der Waals surface area contributed by atoms with Gasteiger partial charge in [-0.05, 0) is 111 Å². The standard InChI is InChI=1S/C34H57NO7/c1-18-6-7-26(35(5)16-18)19(2)20-12-24-22-14-27(37)25-13-21(41-32-31(40)30(39)29(38)28(17-36)42-32)8-11-34(25,4)23(22)9-10-33(24,3)15-20/h18-26,28-32,36,38-40H,6-17H2,1-5H3. The third-order valence-electron chi connectivity index (χ3n) is 13.9. The van der Waals surface area contributed by atoms with Crippen molar-refractivity contribution < 1.29 is 34.7 Å². The number of hydrogen-bond donors (Lipinski definition) is 4. The average Bonchev–Trinajstić information content (AvgIpc) is 3.32. The fraction of sp³-hybridized carbons (Fsp3) is 0.971. The number of piperidine rings is 1. The Balaban J connectivity index is 1.13. The minimum Gasteiger partial charge on any atom is -0.394 e. The second-order valence-corrected chi connectivity index (χ2v) is 16.3. The predicted molar refractivity (Wildman–Crippen MR) is 158 cm³/mol. The summed E-state index contributed by atoms with van der Waals surface area (Å²) in [4.78, 5) is 16.6. The summed E-state index contributed by atoms with van der Waals surface area (Å²) in [6.07, 6.45) is 3.99. The number of Topliss-reactive ketones (excluding diaryl/α,β-unsaturated/α-hetero) is 1. The highest BCUT2D eigenvalue weighted by molar-refractivity contribution is 5.83. The molecule has 4 N–H and O–H groups in total. The van der Waals surface area contributed by atoms with E-state index in [-0.39, 0.29) is 17.4 Å². The topological polar surface area (TPSA) is 120 Å². The molecule has 42 heavy (non-hydrogen) atoms. The molecular formula is C34H57NO7. The maximum atomic E-state index is 14.0. The Bertz CT molecular complexity index is 993. The second-order valence-electron chi connectivity index (χ2n) is 16.3. The number of nitrogens with zero attached hydrogens (tertiary/aromatic N) is 1. The lowest BCUT2D eigenvalue weighted by atomic mass is 9.45. The minimum absolute atomic E-state index is 0.0417. The highest BCUT2D eigenvalue weighted by Gasteiger charge is 2.62. The fourth-order valence-electron chi connectivity index (χ4n) is 11.4.